The van der Waals surface area contributed by atoms with Crippen molar-refractivity contribution in [2.45, 2.75) is 5.41 Å². The summed E-state index contributed by atoms with van der Waals surface area (Å²) in [6.07, 6.45) is 0. The zero-order chi connectivity index (χ0) is 48.9. The highest BCUT2D eigenvalue weighted by molar-refractivity contribution is 6.22. The summed E-state index contributed by atoms with van der Waals surface area (Å²) in [5.41, 5.74) is 16.6. The van der Waals surface area contributed by atoms with Gasteiger partial charge in [-0.15, -0.1) is 0 Å². The van der Waals surface area contributed by atoms with Crippen LogP contribution in [-0.4, -0.2) is 4.57 Å². The third-order valence-corrected chi connectivity index (χ3v) is 14.7. The lowest BCUT2D eigenvalue weighted by Crippen LogP contribution is -2.26. The highest BCUT2D eigenvalue weighted by Crippen LogP contribution is 2.66. The molecular weight excluding hydrogens is 825 g/mol. The molecule has 0 bridgehead atoms. The first-order chi connectivity index (χ1) is 35.8. The summed E-state index contributed by atoms with van der Waals surface area (Å²) in [5.74, 6) is 0. The van der Waals surface area contributed by atoms with Crippen molar-refractivity contribution >= 4 is 71.6 Å². The van der Waals surface area contributed by atoms with Gasteiger partial charge in [0.05, 0.1) is 34.4 Å². The fourth-order valence-corrected chi connectivity index (χ4v) is 12.0. The molecule has 0 amide bonds. The summed E-state index contributed by atoms with van der Waals surface area (Å²) in [4.78, 5) is 2.32. The van der Waals surface area contributed by atoms with Gasteiger partial charge >= 0.3 is 0 Å². The van der Waals surface area contributed by atoms with E-state index in [0.717, 1.165) is 88.3 Å². The number of rotatable bonds is 5. The van der Waals surface area contributed by atoms with Crippen molar-refractivity contribution in [3.8, 4) is 39.1 Å². The van der Waals surface area contributed by atoms with E-state index in [9.17, 15) is 2.74 Å². The van der Waals surface area contributed by atoms with Crippen LogP contribution in [-0.2, 0) is 5.41 Å². The summed E-state index contributed by atoms with van der Waals surface area (Å²) in [6, 6.07) is 73.4. The van der Waals surface area contributed by atoms with Gasteiger partial charge in [0.15, 0.2) is 0 Å². The van der Waals surface area contributed by atoms with Crippen LogP contribution in [0.4, 0.5) is 17.1 Å². The van der Waals surface area contributed by atoms with Crippen LogP contribution >= 0.6 is 0 Å². The van der Waals surface area contributed by atoms with Crippen molar-refractivity contribution in [3.05, 3.63) is 265 Å². The molecule has 68 heavy (non-hydrogen) atoms. The first kappa shape index (κ1) is 32.7. The summed E-state index contributed by atoms with van der Waals surface area (Å²) >= 11 is 0. The van der Waals surface area contributed by atoms with Crippen molar-refractivity contribution in [2.24, 2.45) is 0 Å². The molecule has 2 aliphatic carbocycles. The Morgan fingerprint density at radius 2 is 1.07 bits per heavy atom. The molecule has 0 atom stereocenters. The van der Waals surface area contributed by atoms with Gasteiger partial charge < -0.3 is 13.9 Å². The second-order valence-corrected chi connectivity index (χ2v) is 17.9. The molecule has 2 aromatic heterocycles. The molecule has 0 fully saturated rings. The maximum atomic E-state index is 9.25. The predicted octanol–water partition coefficient (Wildman–Crippen LogP) is 17.3. The van der Waals surface area contributed by atoms with E-state index in [1.807, 2.05) is 41.0 Å². The Morgan fingerprint density at radius 1 is 0.441 bits per heavy atom. The zero-order valence-corrected chi connectivity index (χ0v) is 36.5. The molecule has 11 aromatic carbocycles. The molecule has 2 aliphatic rings. The van der Waals surface area contributed by atoms with Gasteiger partial charge in [0.1, 0.15) is 11.2 Å². The molecule has 0 saturated carbocycles. The minimum Gasteiger partial charge on any atom is -0.455 e. The molecule has 0 radical (unpaired) electrons. The molecule has 0 N–H and O–H groups in total. The van der Waals surface area contributed by atoms with Crippen LogP contribution in [0, 0.1) is 0 Å². The van der Waals surface area contributed by atoms with E-state index in [4.69, 9.17) is 8.53 Å². The van der Waals surface area contributed by atoms with Crippen molar-refractivity contribution in [1.29, 1.82) is 0 Å². The standard InChI is InChI=1S/C65H40N2O/c1-3-17-41(18-4-1)42-31-34-45(35-32-42)66(46-36-37-51-50-25-11-15-29-57(50)67(58(51)39-46)44-20-5-2-6-21-44)59-40-56-63(64-62(59)52-26-12-16-30-60(52)68-64)61-47-22-8-7-19-43(47)33-38-55(61)65(56)53-27-13-9-23-48(53)49-24-10-14-28-54(49)65/h1-40H/i2D,5D,6D,20D,21D. The van der Waals surface area contributed by atoms with E-state index >= 15 is 0 Å². The minimum absolute atomic E-state index is 0.0966. The number of anilines is 3. The first-order valence-electron chi connectivity index (χ1n) is 25.6. The van der Waals surface area contributed by atoms with Crippen LogP contribution in [0.5, 0.6) is 0 Å². The van der Waals surface area contributed by atoms with Gasteiger partial charge in [0.2, 0.25) is 0 Å². The number of benzene rings is 11. The van der Waals surface area contributed by atoms with E-state index in [0.29, 0.717) is 5.52 Å². The molecule has 15 rings (SSSR count). The lowest BCUT2D eigenvalue weighted by Gasteiger charge is -2.32. The zero-order valence-electron chi connectivity index (χ0n) is 41.5. The second-order valence-electron chi connectivity index (χ2n) is 17.9. The highest BCUT2D eigenvalue weighted by Gasteiger charge is 2.53. The van der Waals surface area contributed by atoms with E-state index in [2.05, 4.69) is 181 Å². The molecule has 2 heterocycles. The SMILES string of the molecule is [2H]c1c([2H])c([2H])c(-n2c3ccccc3c3ccc(N(c4ccc(-c5ccccc5)cc4)c4cc5c(c6oc7ccccc7c46)-c4c(ccc6ccccc46)C54c5ccccc5-c5ccccc54)cc32)c([2H])c1[2H]. The molecule has 0 aliphatic heterocycles. The number of aromatic nitrogens is 1. The van der Waals surface area contributed by atoms with Crippen molar-refractivity contribution in [2.75, 3.05) is 4.90 Å². The number of nitrogens with zero attached hydrogens (tertiary/aromatic N) is 2. The highest BCUT2D eigenvalue weighted by atomic mass is 16.3. The quantitative estimate of drug-likeness (QED) is 0.172. The van der Waals surface area contributed by atoms with Gasteiger partial charge in [0.25, 0.3) is 0 Å². The monoisotopic (exact) mass is 869 g/mol. The molecule has 3 heteroatoms. The van der Waals surface area contributed by atoms with Crippen LogP contribution in [0.25, 0.3) is 93.6 Å². The Morgan fingerprint density at radius 3 is 1.87 bits per heavy atom. The fraction of sp³-hybridized carbons (Fsp3) is 0.0154. The largest absolute Gasteiger partial charge is 0.455 e. The Bertz CT molecular complexity index is 4440. The number of para-hydroxylation sites is 3. The van der Waals surface area contributed by atoms with E-state index in [1.165, 1.54) is 33.4 Å². The van der Waals surface area contributed by atoms with Gasteiger partial charge in [-0.1, -0.05) is 188 Å². The average molecular weight is 870 g/mol. The number of hydrogen-bond donors (Lipinski definition) is 0. The van der Waals surface area contributed by atoms with Gasteiger partial charge in [-0.05, 0) is 115 Å². The van der Waals surface area contributed by atoms with Crippen molar-refractivity contribution < 1.29 is 11.3 Å². The van der Waals surface area contributed by atoms with Gasteiger partial charge in [0, 0.05) is 38.8 Å². The minimum atomic E-state index is -0.718. The Kier molecular flexibility index (Phi) is 6.75. The lowest BCUT2D eigenvalue weighted by atomic mass is 9.70. The summed E-state index contributed by atoms with van der Waals surface area (Å²) in [5, 5.41) is 6.04. The molecule has 1 spiro atoms. The summed E-state index contributed by atoms with van der Waals surface area (Å²) in [7, 11) is 0. The number of hydrogen-bond acceptors (Lipinski definition) is 2. The van der Waals surface area contributed by atoms with Crippen molar-refractivity contribution in [3.63, 3.8) is 0 Å². The van der Waals surface area contributed by atoms with Gasteiger partial charge in [-0.3, -0.25) is 0 Å². The second kappa shape index (κ2) is 14.0. The van der Waals surface area contributed by atoms with Crippen LogP contribution in [0.2, 0.25) is 0 Å². The first-order valence-corrected chi connectivity index (χ1v) is 23.1. The Balaban J connectivity index is 1.10. The predicted molar refractivity (Wildman–Crippen MR) is 282 cm³/mol. The summed E-state index contributed by atoms with van der Waals surface area (Å²) in [6.45, 7) is 0. The van der Waals surface area contributed by atoms with Crippen molar-refractivity contribution in [1.82, 2.24) is 4.57 Å². The van der Waals surface area contributed by atoms with Crippen LogP contribution in [0.15, 0.2) is 247 Å². The fourth-order valence-electron chi connectivity index (χ4n) is 12.0. The Labute approximate surface area is 400 Å². The average Bonchev–Trinajstić information content (AvgIpc) is 4.19. The molecule has 0 unspecified atom stereocenters. The molecular formula is C65H40N2O. The Hall–Kier alpha value is -8.92. The molecule has 316 valence electrons. The smallest absolute Gasteiger partial charge is 0.145 e. The van der Waals surface area contributed by atoms with Crippen LogP contribution < -0.4 is 4.90 Å². The maximum absolute atomic E-state index is 9.25. The third-order valence-electron chi connectivity index (χ3n) is 14.7. The van der Waals surface area contributed by atoms with E-state index < -0.39 is 11.5 Å². The lowest BCUT2D eigenvalue weighted by molar-refractivity contribution is 0.669. The maximum Gasteiger partial charge on any atom is 0.145 e. The summed E-state index contributed by atoms with van der Waals surface area (Å²) < 4.78 is 53.7. The van der Waals surface area contributed by atoms with E-state index in [1.54, 1.807) is 0 Å². The molecule has 3 nitrogen and oxygen atoms in total. The van der Waals surface area contributed by atoms with Crippen LogP contribution in [0.1, 0.15) is 29.1 Å². The molecule has 0 saturated heterocycles. The van der Waals surface area contributed by atoms with Crippen LogP contribution in [0.3, 0.4) is 0 Å². The topological polar surface area (TPSA) is 21.3 Å². The number of fused-ring (bicyclic) bond motifs is 19. The van der Waals surface area contributed by atoms with Gasteiger partial charge in [-0.25, -0.2) is 0 Å². The van der Waals surface area contributed by atoms with Gasteiger partial charge in [-0.2, -0.15) is 0 Å². The number of furan rings is 1. The third kappa shape index (κ3) is 4.97. The molecule has 13 aromatic rings. The normalized spacial score (nSPS) is 14.1. The van der Waals surface area contributed by atoms with E-state index in [-0.39, 0.29) is 29.9 Å².